The van der Waals surface area contributed by atoms with Crippen molar-refractivity contribution in [3.8, 4) is 0 Å². The standard InChI is InChI=1S/C14H19N3/c1-3-14-12(10-17(2)16-14)9-13(15)11-7-5-4-6-8-11/h4-8,10,13H,3,9,15H2,1-2H3. The van der Waals surface area contributed by atoms with Gasteiger partial charge in [-0.3, -0.25) is 4.68 Å². The zero-order valence-electron chi connectivity index (χ0n) is 10.4. The van der Waals surface area contributed by atoms with E-state index >= 15 is 0 Å². The minimum atomic E-state index is 0.0469. The average molecular weight is 229 g/mol. The Morgan fingerprint density at radius 2 is 2.00 bits per heavy atom. The monoisotopic (exact) mass is 229 g/mol. The summed E-state index contributed by atoms with van der Waals surface area (Å²) in [6.45, 7) is 2.12. The number of nitrogens with zero attached hydrogens (tertiary/aromatic N) is 2. The molecule has 0 radical (unpaired) electrons. The molecule has 3 nitrogen and oxygen atoms in total. The van der Waals surface area contributed by atoms with Gasteiger partial charge in [0.05, 0.1) is 5.69 Å². The fourth-order valence-corrected chi connectivity index (χ4v) is 2.11. The van der Waals surface area contributed by atoms with Gasteiger partial charge in [-0.1, -0.05) is 37.3 Å². The molecule has 0 aliphatic carbocycles. The maximum absolute atomic E-state index is 6.22. The highest BCUT2D eigenvalue weighted by molar-refractivity contribution is 5.24. The molecule has 0 saturated heterocycles. The van der Waals surface area contributed by atoms with Gasteiger partial charge in [0.15, 0.2) is 0 Å². The van der Waals surface area contributed by atoms with E-state index in [4.69, 9.17) is 5.73 Å². The fraction of sp³-hybridized carbons (Fsp3) is 0.357. The highest BCUT2D eigenvalue weighted by Crippen LogP contribution is 2.18. The molecule has 1 atom stereocenters. The SMILES string of the molecule is CCc1nn(C)cc1CC(N)c1ccccc1. The molecular formula is C14H19N3. The second kappa shape index (κ2) is 5.15. The molecule has 1 unspecified atom stereocenters. The summed E-state index contributed by atoms with van der Waals surface area (Å²) in [6.07, 6.45) is 3.88. The molecule has 2 rings (SSSR count). The molecule has 0 aliphatic rings. The molecule has 0 bridgehead atoms. The van der Waals surface area contributed by atoms with Crippen LogP contribution in [0.1, 0.15) is 29.8 Å². The van der Waals surface area contributed by atoms with E-state index in [1.807, 2.05) is 29.9 Å². The van der Waals surface area contributed by atoms with Gasteiger partial charge in [0.1, 0.15) is 0 Å². The zero-order valence-corrected chi connectivity index (χ0v) is 10.4. The first-order valence-electron chi connectivity index (χ1n) is 6.02. The van der Waals surface area contributed by atoms with E-state index in [0.717, 1.165) is 18.5 Å². The Balaban J connectivity index is 2.15. The normalized spacial score (nSPS) is 12.6. The summed E-state index contributed by atoms with van der Waals surface area (Å²) >= 11 is 0. The van der Waals surface area contributed by atoms with E-state index in [9.17, 15) is 0 Å². The summed E-state index contributed by atoms with van der Waals surface area (Å²) in [5, 5.41) is 4.44. The van der Waals surface area contributed by atoms with Crippen molar-refractivity contribution in [1.29, 1.82) is 0 Å². The predicted molar refractivity (Wildman–Crippen MR) is 69.7 cm³/mol. The van der Waals surface area contributed by atoms with Crippen LogP contribution in [0.2, 0.25) is 0 Å². The maximum atomic E-state index is 6.22. The van der Waals surface area contributed by atoms with Crippen LogP contribution >= 0.6 is 0 Å². The molecule has 0 amide bonds. The maximum Gasteiger partial charge on any atom is 0.0654 e. The molecule has 0 spiro atoms. The predicted octanol–water partition coefficient (Wildman–Crippen LogP) is 2.23. The molecule has 17 heavy (non-hydrogen) atoms. The van der Waals surface area contributed by atoms with Crippen LogP contribution in [0.4, 0.5) is 0 Å². The highest BCUT2D eigenvalue weighted by atomic mass is 15.2. The second-order valence-electron chi connectivity index (χ2n) is 4.35. The molecule has 1 heterocycles. The summed E-state index contributed by atoms with van der Waals surface area (Å²) in [5.41, 5.74) is 9.81. The van der Waals surface area contributed by atoms with Crippen molar-refractivity contribution in [2.75, 3.05) is 0 Å². The molecule has 1 aromatic carbocycles. The van der Waals surface area contributed by atoms with Gasteiger partial charge in [0.2, 0.25) is 0 Å². The van der Waals surface area contributed by atoms with Crippen LogP contribution in [0, 0.1) is 0 Å². The first-order chi connectivity index (χ1) is 8.20. The molecule has 1 aromatic heterocycles. The van der Waals surface area contributed by atoms with Crippen LogP contribution in [-0.4, -0.2) is 9.78 Å². The van der Waals surface area contributed by atoms with Gasteiger partial charge in [-0.05, 0) is 24.0 Å². The molecule has 0 aliphatic heterocycles. The molecule has 2 N–H and O–H groups in total. The first-order valence-corrected chi connectivity index (χ1v) is 6.02. The van der Waals surface area contributed by atoms with Crippen LogP contribution in [-0.2, 0) is 19.9 Å². The number of rotatable bonds is 4. The van der Waals surface area contributed by atoms with E-state index in [2.05, 4.69) is 30.4 Å². The van der Waals surface area contributed by atoms with Crippen molar-refractivity contribution >= 4 is 0 Å². The molecule has 3 heteroatoms. The van der Waals surface area contributed by atoms with Crippen molar-refractivity contribution < 1.29 is 0 Å². The molecule has 90 valence electrons. The van der Waals surface area contributed by atoms with E-state index in [1.54, 1.807) is 0 Å². The topological polar surface area (TPSA) is 43.8 Å². The van der Waals surface area contributed by atoms with Crippen molar-refractivity contribution in [3.05, 3.63) is 53.3 Å². The fourth-order valence-electron chi connectivity index (χ4n) is 2.11. The van der Waals surface area contributed by atoms with Crippen molar-refractivity contribution in [3.63, 3.8) is 0 Å². The summed E-state index contributed by atoms with van der Waals surface area (Å²) in [5.74, 6) is 0. The largest absolute Gasteiger partial charge is 0.324 e. The lowest BCUT2D eigenvalue weighted by Crippen LogP contribution is -2.13. The minimum absolute atomic E-state index is 0.0469. The lowest BCUT2D eigenvalue weighted by atomic mass is 9.99. The van der Waals surface area contributed by atoms with Gasteiger partial charge < -0.3 is 5.73 Å². The van der Waals surface area contributed by atoms with E-state index in [1.165, 1.54) is 11.1 Å². The Kier molecular flexibility index (Phi) is 3.59. The Morgan fingerprint density at radius 1 is 1.29 bits per heavy atom. The van der Waals surface area contributed by atoms with Gasteiger partial charge in [0.25, 0.3) is 0 Å². The van der Waals surface area contributed by atoms with Crippen LogP contribution in [0.5, 0.6) is 0 Å². The summed E-state index contributed by atoms with van der Waals surface area (Å²) in [4.78, 5) is 0. The summed E-state index contributed by atoms with van der Waals surface area (Å²) in [7, 11) is 1.96. The van der Waals surface area contributed by atoms with Crippen LogP contribution in [0.15, 0.2) is 36.5 Å². The van der Waals surface area contributed by atoms with Gasteiger partial charge in [-0.15, -0.1) is 0 Å². The highest BCUT2D eigenvalue weighted by Gasteiger charge is 2.11. The second-order valence-corrected chi connectivity index (χ2v) is 4.35. The average Bonchev–Trinajstić information content (AvgIpc) is 2.70. The Labute approximate surface area is 102 Å². The first kappa shape index (κ1) is 11.9. The lowest BCUT2D eigenvalue weighted by molar-refractivity contribution is 0.716. The molecular weight excluding hydrogens is 210 g/mol. The number of aromatic nitrogens is 2. The third-order valence-electron chi connectivity index (χ3n) is 2.99. The van der Waals surface area contributed by atoms with Gasteiger partial charge in [0, 0.05) is 19.3 Å². The number of aryl methyl sites for hydroxylation is 2. The Bertz CT molecular complexity index is 473. The minimum Gasteiger partial charge on any atom is -0.324 e. The van der Waals surface area contributed by atoms with Crippen molar-refractivity contribution in [2.24, 2.45) is 12.8 Å². The van der Waals surface area contributed by atoms with Crippen molar-refractivity contribution in [2.45, 2.75) is 25.8 Å². The zero-order chi connectivity index (χ0) is 12.3. The number of nitrogens with two attached hydrogens (primary N) is 1. The van der Waals surface area contributed by atoms with E-state index in [-0.39, 0.29) is 6.04 Å². The molecule has 0 fully saturated rings. The van der Waals surface area contributed by atoms with Gasteiger partial charge in [-0.25, -0.2) is 0 Å². The third-order valence-corrected chi connectivity index (χ3v) is 2.99. The van der Waals surface area contributed by atoms with Crippen molar-refractivity contribution in [1.82, 2.24) is 9.78 Å². The van der Waals surface area contributed by atoms with E-state index < -0.39 is 0 Å². The van der Waals surface area contributed by atoms with Crippen LogP contribution < -0.4 is 5.73 Å². The number of benzene rings is 1. The van der Waals surface area contributed by atoms with Gasteiger partial charge >= 0.3 is 0 Å². The number of hydrogen-bond donors (Lipinski definition) is 1. The molecule has 2 aromatic rings. The molecule has 0 saturated carbocycles. The summed E-state index contributed by atoms with van der Waals surface area (Å²) in [6, 6.07) is 10.3. The summed E-state index contributed by atoms with van der Waals surface area (Å²) < 4.78 is 1.87. The van der Waals surface area contributed by atoms with Crippen LogP contribution in [0.3, 0.4) is 0 Å². The Morgan fingerprint density at radius 3 is 2.65 bits per heavy atom. The number of hydrogen-bond acceptors (Lipinski definition) is 2. The van der Waals surface area contributed by atoms with Crippen LogP contribution in [0.25, 0.3) is 0 Å². The smallest absolute Gasteiger partial charge is 0.0654 e. The van der Waals surface area contributed by atoms with Gasteiger partial charge in [-0.2, -0.15) is 5.10 Å². The third kappa shape index (κ3) is 2.74. The lowest BCUT2D eigenvalue weighted by Gasteiger charge is -2.11. The quantitative estimate of drug-likeness (QED) is 0.873. The Hall–Kier alpha value is -1.61. The van der Waals surface area contributed by atoms with E-state index in [0.29, 0.717) is 0 Å².